The molecule has 0 aliphatic heterocycles. The number of hydrogen-bond donors (Lipinski definition) is 1. The van der Waals surface area contributed by atoms with E-state index in [4.69, 9.17) is 0 Å². The van der Waals surface area contributed by atoms with Crippen molar-refractivity contribution in [3.63, 3.8) is 0 Å². The molecular weight excluding hydrogens is 459 g/mol. The van der Waals surface area contributed by atoms with E-state index < -0.39 is 15.9 Å². The van der Waals surface area contributed by atoms with Crippen LogP contribution >= 0.6 is 34.4 Å². The summed E-state index contributed by atoms with van der Waals surface area (Å²) >= 11 is 4.23. The van der Waals surface area contributed by atoms with Gasteiger partial charge in [-0.3, -0.25) is 4.79 Å². The zero-order valence-corrected chi connectivity index (χ0v) is 19.1. The zero-order valence-electron chi connectivity index (χ0n) is 15.8. The Kier molecular flexibility index (Phi) is 6.09. The van der Waals surface area contributed by atoms with Crippen molar-refractivity contribution in [3.8, 4) is 5.69 Å². The molecule has 0 spiro atoms. The lowest BCUT2D eigenvalue weighted by atomic mass is 10.2. The fourth-order valence-corrected chi connectivity index (χ4v) is 7.40. The minimum absolute atomic E-state index is 0.100. The molecule has 3 heterocycles. The quantitative estimate of drug-likeness (QED) is 0.426. The fraction of sp³-hybridized carbons (Fsp3) is 0.100. The third-order valence-electron chi connectivity index (χ3n) is 4.01. The van der Waals surface area contributed by atoms with E-state index in [1.54, 1.807) is 28.2 Å². The smallest absolute Gasteiger partial charge is 0.273 e. The molecule has 0 aliphatic carbocycles. The lowest BCUT2D eigenvalue weighted by molar-refractivity contribution is -0.118. The van der Waals surface area contributed by atoms with E-state index in [1.165, 1.54) is 17.8 Å². The number of aryl methyl sites for hydroxylation is 1. The van der Waals surface area contributed by atoms with Gasteiger partial charge in [0, 0.05) is 0 Å². The number of amides is 1. The van der Waals surface area contributed by atoms with Gasteiger partial charge in [-0.05, 0) is 48.7 Å². The number of rotatable bonds is 7. The fourth-order valence-electron chi connectivity index (χ4n) is 2.80. The van der Waals surface area contributed by atoms with Crippen molar-refractivity contribution in [1.82, 2.24) is 14.5 Å². The van der Waals surface area contributed by atoms with Crippen LogP contribution in [0.4, 0.5) is 0 Å². The highest BCUT2D eigenvalue weighted by molar-refractivity contribution is 8.03. The van der Waals surface area contributed by atoms with E-state index in [9.17, 15) is 13.2 Å². The molecule has 1 amide bonds. The number of hydrogen-bond acceptors (Lipinski definition) is 7. The predicted octanol–water partition coefficient (Wildman–Crippen LogP) is 4.50. The second-order valence-corrected chi connectivity index (χ2v) is 11.9. The van der Waals surface area contributed by atoms with E-state index >= 15 is 0 Å². The Hall–Kier alpha value is -2.40. The number of nitrogens with one attached hydrogen (secondary N) is 1. The molecule has 6 nitrogen and oxygen atoms in total. The van der Waals surface area contributed by atoms with Crippen LogP contribution in [0.15, 0.2) is 78.7 Å². The first-order valence-corrected chi connectivity index (χ1v) is 12.9. The molecule has 0 bridgehead atoms. The highest BCUT2D eigenvalue weighted by Gasteiger charge is 2.22. The summed E-state index contributed by atoms with van der Waals surface area (Å²) in [6, 6.07) is 18.4. The van der Waals surface area contributed by atoms with Crippen molar-refractivity contribution in [2.45, 2.75) is 26.0 Å². The van der Waals surface area contributed by atoms with E-state index in [2.05, 4.69) is 9.82 Å². The summed E-state index contributed by atoms with van der Waals surface area (Å²) in [5.74, 6) is -0.604. The van der Waals surface area contributed by atoms with Crippen LogP contribution in [0.2, 0.25) is 0 Å². The van der Waals surface area contributed by atoms with Gasteiger partial charge in [0.05, 0.1) is 31.9 Å². The minimum atomic E-state index is -3.93. The molecule has 1 N–H and O–H groups in total. The number of thiophene rings is 2. The number of nitrogens with zero attached hydrogens (tertiary/aromatic N) is 2. The van der Waals surface area contributed by atoms with Crippen LogP contribution in [0.25, 0.3) is 5.69 Å². The van der Waals surface area contributed by atoms with Crippen molar-refractivity contribution in [1.29, 1.82) is 0 Å². The molecule has 0 atom stereocenters. The second-order valence-electron chi connectivity index (χ2n) is 6.34. The van der Waals surface area contributed by atoms with Crippen LogP contribution in [0, 0.1) is 6.92 Å². The van der Waals surface area contributed by atoms with Gasteiger partial charge in [0.25, 0.3) is 10.0 Å². The first kappa shape index (κ1) is 20.9. The molecule has 3 aromatic heterocycles. The average molecular weight is 476 g/mol. The maximum Gasteiger partial charge on any atom is 0.273 e. The van der Waals surface area contributed by atoms with Gasteiger partial charge >= 0.3 is 0 Å². The van der Waals surface area contributed by atoms with Crippen LogP contribution in [0.1, 0.15) is 11.4 Å². The molecular formula is C20H17N3O3S4. The van der Waals surface area contributed by atoms with Gasteiger partial charge in [-0.25, -0.2) is 17.8 Å². The van der Waals surface area contributed by atoms with E-state index in [1.807, 2.05) is 54.8 Å². The van der Waals surface area contributed by atoms with E-state index in [0.29, 0.717) is 5.69 Å². The first-order valence-electron chi connectivity index (χ1n) is 8.88. The third-order valence-corrected chi connectivity index (χ3v) is 9.13. The van der Waals surface area contributed by atoms with Crippen molar-refractivity contribution in [2.24, 2.45) is 0 Å². The largest absolute Gasteiger partial charge is 0.274 e. The monoisotopic (exact) mass is 475 g/mol. The SMILES string of the molecule is Cc1cc(CC(=O)NS(=O)(=O)c2ccc(Sc3cccs3)s2)n(-c2ccccc2)n1. The number of carbonyl (C=O) groups excluding carboxylic acids is 1. The molecule has 10 heteroatoms. The van der Waals surface area contributed by atoms with Gasteiger partial charge in [0.2, 0.25) is 5.91 Å². The summed E-state index contributed by atoms with van der Waals surface area (Å²) in [6.45, 7) is 1.83. The molecule has 0 radical (unpaired) electrons. The van der Waals surface area contributed by atoms with Gasteiger partial charge in [-0.1, -0.05) is 36.0 Å². The third kappa shape index (κ3) is 4.84. The summed E-state index contributed by atoms with van der Waals surface area (Å²) in [6.07, 6.45) is -0.100. The Labute approximate surface area is 186 Å². The van der Waals surface area contributed by atoms with Crippen LogP contribution in [0.3, 0.4) is 0 Å². The Morgan fingerprint density at radius 2 is 1.90 bits per heavy atom. The first-order chi connectivity index (χ1) is 14.4. The second kappa shape index (κ2) is 8.76. The van der Waals surface area contributed by atoms with Gasteiger partial charge in [0.1, 0.15) is 4.21 Å². The minimum Gasteiger partial charge on any atom is -0.274 e. The van der Waals surface area contributed by atoms with Crippen molar-refractivity contribution < 1.29 is 13.2 Å². The number of para-hydroxylation sites is 1. The molecule has 0 aliphatic rings. The maximum atomic E-state index is 12.7. The molecule has 4 rings (SSSR count). The van der Waals surface area contributed by atoms with Crippen molar-refractivity contribution >= 4 is 50.4 Å². The maximum absolute atomic E-state index is 12.7. The predicted molar refractivity (Wildman–Crippen MR) is 120 cm³/mol. The molecule has 30 heavy (non-hydrogen) atoms. The van der Waals surface area contributed by atoms with E-state index in [0.717, 1.165) is 31.1 Å². The topological polar surface area (TPSA) is 81.1 Å². The summed E-state index contributed by atoms with van der Waals surface area (Å²) in [7, 11) is -3.93. The van der Waals surface area contributed by atoms with Crippen molar-refractivity contribution in [3.05, 3.63) is 77.4 Å². The highest BCUT2D eigenvalue weighted by Crippen LogP contribution is 2.37. The Morgan fingerprint density at radius 1 is 1.10 bits per heavy atom. The number of aromatic nitrogens is 2. The number of carbonyl (C=O) groups is 1. The number of sulfonamides is 1. The van der Waals surface area contributed by atoms with Crippen LogP contribution < -0.4 is 4.72 Å². The lowest BCUT2D eigenvalue weighted by Gasteiger charge is -2.08. The molecule has 0 saturated heterocycles. The van der Waals surface area contributed by atoms with Gasteiger partial charge in [-0.2, -0.15) is 5.10 Å². The van der Waals surface area contributed by atoms with Crippen molar-refractivity contribution in [2.75, 3.05) is 0 Å². The lowest BCUT2D eigenvalue weighted by Crippen LogP contribution is -2.31. The Bertz CT molecular complexity index is 1260. The van der Waals surface area contributed by atoms with E-state index in [-0.39, 0.29) is 10.6 Å². The number of benzene rings is 1. The molecule has 0 saturated carbocycles. The summed E-state index contributed by atoms with van der Waals surface area (Å²) in [5.41, 5.74) is 2.18. The molecule has 154 valence electrons. The molecule has 4 aromatic rings. The average Bonchev–Trinajstić information content (AvgIpc) is 3.44. The van der Waals surface area contributed by atoms with Gasteiger partial charge in [-0.15, -0.1) is 22.7 Å². The normalized spacial score (nSPS) is 11.5. The van der Waals surface area contributed by atoms with Gasteiger partial charge < -0.3 is 0 Å². The molecule has 0 fully saturated rings. The summed E-state index contributed by atoms with van der Waals surface area (Å²) in [4.78, 5) is 12.5. The van der Waals surface area contributed by atoms with Gasteiger partial charge in [0.15, 0.2) is 0 Å². The Morgan fingerprint density at radius 3 is 2.63 bits per heavy atom. The van der Waals surface area contributed by atoms with Crippen LogP contribution in [-0.4, -0.2) is 24.1 Å². The molecule has 0 unspecified atom stereocenters. The van der Waals surface area contributed by atoms with Crippen LogP contribution in [0.5, 0.6) is 0 Å². The van der Waals surface area contributed by atoms with Crippen LogP contribution in [-0.2, 0) is 21.2 Å². The standard InChI is InChI=1S/C20H17N3O3S4/c1-14-12-16(23(21-14)15-6-3-2-4-7-15)13-17(24)22-30(25,26)20-10-9-19(29-20)28-18-8-5-11-27-18/h2-12H,13H2,1H3,(H,22,24). The summed E-state index contributed by atoms with van der Waals surface area (Å²) < 4.78 is 31.2. The highest BCUT2D eigenvalue weighted by atomic mass is 32.3. The molecule has 1 aromatic carbocycles. The zero-order chi connectivity index (χ0) is 21.1. The Balaban J connectivity index is 1.47. The summed E-state index contributed by atoms with van der Waals surface area (Å²) in [5, 5.41) is 6.38.